The van der Waals surface area contributed by atoms with Crippen molar-refractivity contribution in [1.82, 2.24) is 0 Å². The van der Waals surface area contributed by atoms with Gasteiger partial charge in [0, 0.05) is 12.8 Å². The third kappa shape index (κ3) is 2.98. The number of para-hydroxylation sites is 1. The molecule has 0 fully saturated rings. The number of hydrogen-bond donors (Lipinski definition) is 1. The monoisotopic (exact) mass is 240 g/mol. The van der Waals surface area contributed by atoms with Crippen molar-refractivity contribution in [1.29, 1.82) is 5.26 Å². The maximum Gasteiger partial charge on any atom is 0.224 e. The van der Waals surface area contributed by atoms with Crippen LogP contribution in [-0.4, -0.2) is 5.91 Å². The highest BCUT2D eigenvalue weighted by Crippen LogP contribution is 2.14. The standard InChI is InChI=1S/C14H12N2O2/c15-10-11-4-1-2-6-13(11)16-14(17)8-7-12-5-3-9-18-12/h1-6,9H,7-8H2,(H,16,17). The fraction of sp³-hybridized carbons (Fsp3) is 0.143. The van der Waals surface area contributed by atoms with E-state index in [1.807, 2.05) is 12.1 Å². The van der Waals surface area contributed by atoms with E-state index in [2.05, 4.69) is 5.32 Å². The number of carbonyl (C=O) groups excluding carboxylic acids is 1. The quantitative estimate of drug-likeness (QED) is 0.893. The summed E-state index contributed by atoms with van der Waals surface area (Å²) in [5, 5.41) is 11.6. The molecule has 0 aliphatic heterocycles. The molecule has 4 nitrogen and oxygen atoms in total. The van der Waals surface area contributed by atoms with E-state index in [4.69, 9.17) is 9.68 Å². The number of nitriles is 1. The lowest BCUT2D eigenvalue weighted by molar-refractivity contribution is -0.116. The predicted octanol–water partition coefficient (Wildman–Crippen LogP) is 2.72. The third-order valence-corrected chi connectivity index (χ3v) is 2.50. The van der Waals surface area contributed by atoms with Crippen LogP contribution < -0.4 is 5.32 Å². The highest BCUT2D eigenvalue weighted by atomic mass is 16.3. The second kappa shape index (κ2) is 5.69. The van der Waals surface area contributed by atoms with E-state index in [-0.39, 0.29) is 5.91 Å². The summed E-state index contributed by atoms with van der Waals surface area (Å²) in [6, 6.07) is 12.6. The highest BCUT2D eigenvalue weighted by Gasteiger charge is 2.07. The maximum atomic E-state index is 11.7. The Morgan fingerprint density at radius 2 is 2.11 bits per heavy atom. The number of benzene rings is 1. The van der Waals surface area contributed by atoms with Gasteiger partial charge in [0.25, 0.3) is 0 Å². The molecule has 0 saturated carbocycles. The summed E-state index contributed by atoms with van der Waals surface area (Å²) < 4.78 is 5.15. The molecule has 0 radical (unpaired) electrons. The number of nitrogens with one attached hydrogen (secondary N) is 1. The molecule has 0 aliphatic carbocycles. The molecule has 2 aromatic rings. The lowest BCUT2D eigenvalue weighted by atomic mass is 10.2. The van der Waals surface area contributed by atoms with E-state index >= 15 is 0 Å². The van der Waals surface area contributed by atoms with E-state index in [1.165, 1.54) is 0 Å². The number of carbonyl (C=O) groups is 1. The number of amides is 1. The van der Waals surface area contributed by atoms with Gasteiger partial charge >= 0.3 is 0 Å². The molecule has 4 heteroatoms. The third-order valence-electron chi connectivity index (χ3n) is 2.50. The Hall–Kier alpha value is -2.54. The molecule has 1 aromatic heterocycles. The van der Waals surface area contributed by atoms with Crippen LogP contribution >= 0.6 is 0 Å². The number of rotatable bonds is 4. The lowest BCUT2D eigenvalue weighted by Crippen LogP contribution is -2.13. The molecule has 1 amide bonds. The van der Waals surface area contributed by atoms with E-state index in [1.54, 1.807) is 36.6 Å². The van der Waals surface area contributed by atoms with Gasteiger partial charge in [-0.05, 0) is 24.3 Å². The van der Waals surface area contributed by atoms with Crippen molar-refractivity contribution in [3.05, 3.63) is 54.0 Å². The minimum atomic E-state index is -0.130. The molecular formula is C14H12N2O2. The molecule has 1 heterocycles. The first-order valence-corrected chi connectivity index (χ1v) is 5.61. The number of nitrogens with zero attached hydrogens (tertiary/aromatic N) is 1. The molecular weight excluding hydrogens is 228 g/mol. The molecule has 18 heavy (non-hydrogen) atoms. The summed E-state index contributed by atoms with van der Waals surface area (Å²) in [6.45, 7) is 0. The van der Waals surface area contributed by atoms with E-state index in [9.17, 15) is 4.79 Å². The number of anilines is 1. The van der Waals surface area contributed by atoms with Crippen LogP contribution in [0.4, 0.5) is 5.69 Å². The average molecular weight is 240 g/mol. The van der Waals surface area contributed by atoms with E-state index in [0.29, 0.717) is 24.1 Å². The van der Waals surface area contributed by atoms with Gasteiger partial charge in [0.05, 0.1) is 17.5 Å². The van der Waals surface area contributed by atoms with Crippen LogP contribution in [0.2, 0.25) is 0 Å². The summed E-state index contributed by atoms with van der Waals surface area (Å²) in [4.78, 5) is 11.7. The molecule has 90 valence electrons. The van der Waals surface area contributed by atoms with Crippen LogP contribution in [0.15, 0.2) is 47.1 Å². The van der Waals surface area contributed by atoms with Gasteiger partial charge in [-0.15, -0.1) is 0 Å². The van der Waals surface area contributed by atoms with Gasteiger partial charge in [-0.3, -0.25) is 4.79 Å². The molecule has 0 aliphatic rings. The molecule has 0 saturated heterocycles. The van der Waals surface area contributed by atoms with Crippen LogP contribution in [-0.2, 0) is 11.2 Å². The fourth-order valence-electron chi connectivity index (χ4n) is 1.59. The Bertz CT molecular complexity index is 568. The van der Waals surface area contributed by atoms with Gasteiger partial charge in [0.1, 0.15) is 11.8 Å². The minimum absolute atomic E-state index is 0.130. The van der Waals surface area contributed by atoms with Crippen molar-refractivity contribution in [2.24, 2.45) is 0 Å². The van der Waals surface area contributed by atoms with Crippen LogP contribution in [0, 0.1) is 11.3 Å². The number of furan rings is 1. The Balaban J connectivity index is 1.93. The molecule has 1 N–H and O–H groups in total. The smallest absolute Gasteiger partial charge is 0.224 e. The normalized spacial score (nSPS) is 9.72. The van der Waals surface area contributed by atoms with Crippen LogP contribution in [0.1, 0.15) is 17.7 Å². The summed E-state index contributed by atoms with van der Waals surface area (Å²) in [7, 11) is 0. The Morgan fingerprint density at radius 1 is 1.28 bits per heavy atom. The molecule has 0 spiro atoms. The zero-order chi connectivity index (χ0) is 12.8. The molecule has 0 atom stereocenters. The molecule has 0 unspecified atom stereocenters. The molecule has 0 bridgehead atoms. The summed E-state index contributed by atoms with van der Waals surface area (Å²) >= 11 is 0. The van der Waals surface area contributed by atoms with Gasteiger partial charge in [0.2, 0.25) is 5.91 Å². The zero-order valence-electron chi connectivity index (χ0n) is 9.72. The van der Waals surface area contributed by atoms with Gasteiger partial charge in [-0.1, -0.05) is 12.1 Å². The van der Waals surface area contributed by atoms with Crippen molar-refractivity contribution in [3.63, 3.8) is 0 Å². The first kappa shape index (κ1) is 11.9. The van der Waals surface area contributed by atoms with Crippen LogP contribution in [0.25, 0.3) is 0 Å². The van der Waals surface area contributed by atoms with Gasteiger partial charge in [0.15, 0.2) is 0 Å². The van der Waals surface area contributed by atoms with Crippen molar-refractivity contribution in [2.45, 2.75) is 12.8 Å². The first-order chi connectivity index (χ1) is 8.79. The highest BCUT2D eigenvalue weighted by molar-refractivity contribution is 5.92. The second-order valence-electron chi connectivity index (χ2n) is 3.78. The number of aryl methyl sites for hydroxylation is 1. The zero-order valence-corrected chi connectivity index (χ0v) is 9.72. The Labute approximate surface area is 105 Å². The maximum absolute atomic E-state index is 11.7. The van der Waals surface area contributed by atoms with Crippen LogP contribution in [0.5, 0.6) is 0 Å². The lowest BCUT2D eigenvalue weighted by Gasteiger charge is -2.05. The average Bonchev–Trinajstić information content (AvgIpc) is 2.90. The van der Waals surface area contributed by atoms with E-state index in [0.717, 1.165) is 5.76 Å². The fourth-order valence-corrected chi connectivity index (χ4v) is 1.59. The second-order valence-corrected chi connectivity index (χ2v) is 3.78. The number of hydrogen-bond acceptors (Lipinski definition) is 3. The molecule has 1 aromatic carbocycles. The van der Waals surface area contributed by atoms with Crippen molar-refractivity contribution >= 4 is 11.6 Å². The van der Waals surface area contributed by atoms with Gasteiger partial charge in [-0.25, -0.2) is 0 Å². The van der Waals surface area contributed by atoms with Crippen LogP contribution in [0.3, 0.4) is 0 Å². The Morgan fingerprint density at radius 3 is 2.83 bits per heavy atom. The van der Waals surface area contributed by atoms with Crippen molar-refractivity contribution in [3.8, 4) is 6.07 Å². The minimum Gasteiger partial charge on any atom is -0.469 e. The van der Waals surface area contributed by atoms with Crippen molar-refractivity contribution < 1.29 is 9.21 Å². The van der Waals surface area contributed by atoms with Crippen molar-refractivity contribution in [2.75, 3.05) is 5.32 Å². The summed E-state index contributed by atoms with van der Waals surface area (Å²) in [5.74, 6) is 0.646. The predicted molar refractivity (Wildman–Crippen MR) is 66.8 cm³/mol. The molecule has 2 rings (SSSR count). The summed E-state index contributed by atoms with van der Waals surface area (Å²) in [5.41, 5.74) is 1.01. The largest absolute Gasteiger partial charge is 0.469 e. The topological polar surface area (TPSA) is 66.0 Å². The Kier molecular flexibility index (Phi) is 3.77. The van der Waals surface area contributed by atoms with Gasteiger partial charge < -0.3 is 9.73 Å². The van der Waals surface area contributed by atoms with Gasteiger partial charge in [-0.2, -0.15) is 5.26 Å². The van der Waals surface area contributed by atoms with E-state index < -0.39 is 0 Å². The first-order valence-electron chi connectivity index (χ1n) is 5.61. The summed E-state index contributed by atoms with van der Waals surface area (Å²) in [6.07, 6.45) is 2.46. The SMILES string of the molecule is N#Cc1ccccc1NC(=O)CCc1ccco1.